The van der Waals surface area contributed by atoms with E-state index in [0.717, 1.165) is 36.5 Å². The minimum Gasteiger partial charge on any atom is -0.352 e. The van der Waals surface area contributed by atoms with Gasteiger partial charge in [-0.25, -0.2) is 4.79 Å². The quantitative estimate of drug-likeness (QED) is 0.632. The minimum absolute atomic E-state index is 0.106. The molecule has 6 nitrogen and oxygen atoms in total. The molecule has 0 aromatic heterocycles. The average molecular weight is 365 g/mol. The molecule has 1 spiro atoms. The number of fused-ring (bicyclic) bond motifs is 1. The van der Waals surface area contributed by atoms with Gasteiger partial charge in [0.2, 0.25) is 0 Å². The van der Waals surface area contributed by atoms with Crippen molar-refractivity contribution in [1.29, 1.82) is 0 Å². The van der Waals surface area contributed by atoms with Gasteiger partial charge in [-0.2, -0.15) is 0 Å². The van der Waals surface area contributed by atoms with E-state index in [4.69, 9.17) is 0 Å². The average Bonchev–Trinajstić information content (AvgIpc) is 3.24. The summed E-state index contributed by atoms with van der Waals surface area (Å²) < 4.78 is 0. The first-order valence-corrected chi connectivity index (χ1v) is 9.50. The van der Waals surface area contributed by atoms with Crippen LogP contribution in [0.2, 0.25) is 0 Å². The molecule has 2 N–H and O–H groups in total. The number of amides is 4. The first kappa shape index (κ1) is 17.5. The minimum atomic E-state index is -0.661. The number of benzene rings is 2. The molecule has 2 fully saturated rings. The molecule has 0 atom stereocenters. The van der Waals surface area contributed by atoms with Crippen LogP contribution in [0.3, 0.4) is 0 Å². The van der Waals surface area contributed by atoms with Gasteiger partial charge in [0.15, 0.2) is 0 Å². The highest BCUT2D eigenvalue weighted by molar-refractivity contribution is 6.07. The maximum absolute atomic E-state index is 12.6. The largest absolute Gasteiger partial charge is 0.352 e. The molecule has 1 aliphatic carbocycles. The number of hydrogen-bond donors (Lipinski definition) is 2. The standard InChI is InChI=1S/C21H23N3O3/c25-18(17-9-8-15-6-1-2-7-16(15)14-17)22-12-5-13-24-19(26)21(23-20(24)27)10-3-4-11-21/h1-2,6-9,14H,3-5,10-13H2,(H,22,25)(H,23,27). The topological polar surface area (TPSA) is 78.5 Å². The molecule has 4 rings (SSSR count). The summed E-state index contributed by atoms with van der Waals surface area (Å²) in [6.07, 6.45) is 3.94. The highest BCUT2D eigenvalue weighted by Crippen LogP contribution is 2.34. The lowest BCUT2D eigenvalue weighted by Crippen LogP contribution is -2.44. The van der Waals surface area contributed by atoms with Crippen LogP contribution in [0.15, 0.2) is 42.5 Å². The van der Waals surface area contributed by atoms with Gasteiger partial charge < -0.3 is 10.6 Å². The molecule has 1 saturated carbocycles. The van der Waals surface area contributed by atoms with Crippen LogP contribution < -0.4 is 10.6 Å². The van der Waals surface area contributed by atoms with Crippen LogP contribution >= 0.6 is 0 Å². The Labute approximate surface area is 157 Å². The van der Waals surface area contributed by atoms with Gasteiger partial charge in [0.1, 0.15) is 5.54 Å². The van der Waals surface area contributed by atoms with Crippen LogP contribution in [0.1, 0.15) is 42.5 Å². The van der Waals surface area contributed by atoms with Crippen molar-refractivity contribution in [2.75, 3.05) is 13.1 Å². The molecule has 140 valence electrons. The third kappa shape index (κ3) is 3.27. The third-order valence-electron chi connectivity index (χ3n) is 5.56. The van der Waals surface area contributed by atoms with Crippen molar-refractivity contribution in [2.45, 2.75) is 37.6 Å². The lowest BCUT2D eigenvalue weighted by Gasteiger charge is -2.20. The zero-order valence-electron chi connectivity index (χ0n) is 15.2. The second-order valence-corrected chi connectivity index (χ2v) is 7.35. The summed E-state index contributed by atoms with van der Waals surface area (Å²) in [5, 5.41) is 7.85. The van der Waals surface area contributed by atoms with Gasteiger partial charge in [0.25, 0.3) is 11.8 Å². The molecule has 0 bridgehead atoms. The first-order chi connectivity index (χ1) is 13.1. The molecule has 1 aliphatic heterocycles. The Morgan fingerprint density at radius 1 is 1.07 bits per heavy atom. The molecule has 4 amide bonds. The SMILES string of the molecule is O=C(NCCCN1C(=O)NC2(CCCC2)C1=O)c1ccc2ccccc2c1. The fourth-order valence-electron chi connectivity index (χ4n) is 4.07. The van der Waals surface area contributed by atoms with Crippen molar-refractivity contribution in [3.05, 3.63) is 48.0 Å². The summed E-state index contributed by atoms with van der Waals surface area (Å²) in [6, 6.07) is 13.2. The summed E-state index contributed by atoms with van der Waals surface area (Å²) in [4.78, 5) is 38.3. The zero-order chi connectivity index (χ0) is 18.9. The number of nitrogens with zero attached hydrogens (tertiary/aromatic N) is 1. The Kier molecular flexibility index (Phi) is 4.56. The molecule has 1 heterocycles. The maximum Gasteiger partial charge on any atom is 0.325 e. The number of hydrogen-bond acceptors (Lipinski definition) is 3. The lowest BCUT2D eigenvalue weighted by molar-refractivity contribution is -0.131. The van der Waals surface area contributed by atoms with E-state index >= 15 is 0 Å². The fraction of sp³-hybridized carbons (Fsp3) is 0.381. The summed E-state index contributed by atoms with van der Waals surface area (Å²) in [7, 11) is 0. The van der Waals surface area contributed by atoms with Crippen LogP contribution in [0, 0.1) is 0 Å². The molecule has 27 heavy (non-hydrogen) atoms. The van der Waals surface area contributed by atoms with Crippen molar-refractivity contribution in [1.82, 2.24) is 15.5 Å². The van der Waals surface area contributed by atoms with Gasteiger partial charge in [-0.05, 0) is 42.2 Å². The van der Waals surface area contributed by atoms with E-state index in [0.29, 0.717) is 25.1 Å². The Balaban J connectivity index is 1.30. The maximum atomic E-state index is 12.6. The van der Waals surface area contributed by atoms with Crippen molar-refractivity contribution < 1.29 is 14.4 Å². The molecule has 0 unspecified atom stereocenters. The number of carbonyl (C=O) groups is 3. The van der Waals surface area contributed by atoms with Crippen LogP contribution in [-0.4, -0.2) is 41.4 Å². The lowest BCUT2D eigenvalue weighted by atomic mass is 9.98. The normalized spacial score (nSPS) is 18.3. The Bertz CT molecular complexity index is 902. The van der Waals surface area contributed by atoms with Crippen molar-refractivity contribution in [2.24, 2.45) is 0 Å². The monoisotopic (exact) mass is 365 g/mol. The third-order valence-corrected chi connectivity index (χ3v) is 5.56. The van der Waals surface area contributed by atoms with E-state index in [9.17, 15) is 14.4 Å². The van der Waals surface area contributed by atoms with Gasteiger partial charge in [0.05, 0.1) is 0 Å². The summed E-state index contributed by atoms with van der Waals surface area (Å²) in [5.74, 6) is -0.254. The Morgan fingerprint density at radius 2 is 1.81 bits per heavy atom. The van der Waals surface area contributed by atoms with Gasteiger partial charge in [-0.15, -0.1) is 0 Å². The number of rotatable bonds is 5. The van der Waals surface area contributed by atoms with E-state index in [-0.39, 0.29) is 17.8 Å². The highest BCUT2D eigenvalue weighted by atomic mass is 16.2. The van der Waals surface area contributed by atoms with Crippen molar-refractivity contribution >= 4 is 28.6 Å². The smallest absolute Gasteiger partial charge is 0.325 e. The summed E-state index contributed by atoms with van der Waals surface area (Å²) in [6.45, 7) is 0.736. The van der Waals surface area contributed by atoms with Gasteiger partial charge in [-0.3, -0.25) is 14.5 Å². The van der Waals surface area contributed by atoms with Crippen LogP contribution in [0.4, 0.5) is 4.79 Å². The second-order valence-electron chi connectivity index (χ2n) is 7.35. The van der Waals surface area contributed by atoms with E-state index < -0.39 is 5.54 Å². The molecule has 2 aliphatic rings. The molecular weight excluding hydrogens is 342 g/mol. The van der Waals surface area contributed by atoms with E-state index in [1.165, 1.54) is 4.90 Å². The van der Waals surface area contributed by atoms with Gasteiger partial charge >= 0.3 is 6.03 Å². The second kappa shape index (κ2) is 7.02. The molecule has 6 heteroatoms. The van der Waals surface area contributed by atoms with E-state index in [1.807, 2.05) is 36.4 Å². The molecule has 2 aromatic carbocycles. The summed E-state index contributed by atoms with van der Waals surface area (Å²) >= 11 is 0. The van der Waals surface area contributed by atoms with Gasteiger partial charge in [0, 0.05) is 18.7 Å². The molecule has 2 aromatic rings. The predicted octanol–water partition coefficient (Wildman–Crippen LogP) is 2.82. The van der Waals surface area contributed by atoms with E-state index in [1.54, 1.807) is 6.07 Å². The van der Waals surface area contributed by atoms with Crippen molar-refractivity contribution in [3.63, 3.8) is 0 Å². The highest BCUT2D eigenvalue weighted by Gasteiger charge is 2.51. The van der Waals surface area contributed by atoms with Crippen LogP contribution in [0.5, 0.6) is 0 Å². The number of urea groups is 1. The Morgan fingerprint density at radius 3 is 2.59 bits per heavy atom. The van der Waals surface area contributed by atoms with E-state index in [2.05, 4.69) is 10.6 Å². The molecular formula is C21H23N3O3. The molecule has 0 radical (unpaired) electrons. The number of imide groups is 1. The Hall–Kier alpha value is -2.89. The van der Waals surface area contributed by atoms with Crippen LogP contribution in [-0.2, 0) is 4.79 Å². The number of nitrogens with one attached hydrogen (secondary N) is 2. The predicted molar refractivity (Wildman–Crippen MR) is 102 cm³/mol. The zero-order valence-corrected chi connectivity index (χ0v) is 15.2. The fourth-order valence-corrected chi connectivity index (χ4v) is 4.07. The first-order valence-electron chi connectivity index (χ1n) is 9.50. The van der Waals surface area contributed by atoms with Crippen LogP contribution in [0.25, 0.3) is 10.8 Å². The number of carbonyl (C=O) groups excluding carboxylic acids is 3. The summed E-state index contributed by atoms with van der Waals surface area (Å²) in [5.41, 5.74) is -0.0561. The van der Waals surface area contributed by atoms with Crippen molar-refractivity contribution in [3.8, 4) is 0 Å². The molecule has 1 saturated heterocycles. The van der Waals surface area contributed by atoms with Gasteiger partial charge in [-0.1, -0.05) is 43.2 Å².